The maximum atomic E-state index is 13.6. The van der Waals surface area contributed by atoms with Crippen molar-refractivity contribution in [3.8, 4) is 44.1 Å². The van der Waals surface area contributed by atoms with E-state index in [2.05, 4.69) is 9.97 Å². The lowest BCUT2D eigenvalue weighted by Crippen LogP contribution is -2.26. The Morgan fingerprint density at radius 1 is 0.710 bits per heavy atom. The lowest BCUT2D eigenvalue weighted by atomic mass is 10.2. The van der Waals surface area contributed by atoms with Gasteiger partial charge in [-0.25, -0.2) is 19.6 Å². The number of esters is 1. The van der Waals surface area contributed by atoms with E-state index in [1.54, 1.807) is 49.6 Å². The van der Waals surface area contributed by atoms with Gasteiger partial charge in [0.2, 0.25) is 5.75 Å². The topological polar surface area (TPSA) is 181 Å². The largest absolute Gasteiger partial charge is 0.502 e. The van der Waals surface area contributed by atoms with Gasteiger partial charge < -0.3 is 29.2 Å². The molecule has 2 aromatic carbocycles. The summed E-state index contributed by atoms with van der Waals surface area (Å²) in [4.78, 5) is 61.1. The summed E-state index contributed by atoms with van der Waals surface area (Å²) in [5.41, 5.74) is 1.85. The molecule has 0 saturated heterocycles. The molecule has 0 radical (unpaired) electrons. The molecule has 0 saturated carbocycles. The van der Waals surface area contributed by atoms with Crippen molar-refractivity contribution in [2.24, 2.45) is 0 Å². The second kappa shape index (κ2) is 19.6. The van der Waals surface area contributed by atoms with Gasteiger partial charge in [0.15, 0.2) is 5.75 Å². The highest BCUT2D eigenvalue weighted by Gasteiger charge is 2.26. The maximum Gasteiger partial charge on any atom is 0.343 e. The highest BCUT2D eigenvalue weighted by atomic mass is 32.1. The van der Waals surface area contributed by atoms with Crippen molar-refractivity contribution in [3.63, 3.8) is 0 Å². The zero-order chi connectivity index (χ0) is 43.9. The predicted octanol–water partition coefficient (Wildman–Crippen LogP) is 9.25. The fraction of sp³-hybridized carbons (Fsp3) is 0.227. The van der Waals surface area contributed by atoms with Gasteiger partial charge in [0.1, 0.15) is 32.6 Å². The summed E-state index contributed by atoms with van der Waals surface area (Å²) in [6, 6.07) is 18.7. The highest BCUT2D eigenvalue weighted by molar-refractivity contribution is 7.18. The Balaban J connectivity index is 0.000000190. The summed E-state index contributed by atoms with van der Waals surface area (Å²) >= 11 is 5.51. The van der Waals surface area contributed by atoms with Crippen LogP contribution in [-0.4, -0.2) is 68.7 Å². The van der Waals surface area contributed by atoms with Gasteiger partial charge in [-0.05, 0) is 84.8 Å². The van der Waals surface area contributed by atoms with Crippen LogP contribution in [0.2, 0.25) is 0 Å². The van der Waals surface area contributed by atoms with E-state index in [9.17, 15) is 29.4 Å². The SMILES string of the molecule is CCCCOc1c(C(=O)OCC)c2sccc2n(Cc2cnc(-c3ccc(OC)cc3)s2)c1=O.COc1ccc(-c2ncc(Cn3c(=O)c(O)c(C(=O)O)c4sccc43)s2)cc1. The number of fused-ring (bicyclic) bond motifs is 2. The second-order valence-corrected chi connectivity index (χ2v) is 17.5. The van der Waals surface area contributed by atoms with E-state index in [1.165, 1.54) is 49.9 Å². The van der Waals surface area contributed by atoms with Crippen molar-refractivity contribution in [3.05, 3.63) is 125 Å². The van der Waals surface area contributed by atoms with Crippen molar-refractivity contribution < 1.29 is 38.7 Å². The van der Waals surface area contributed by atoms with Crippen LogP contribution in [0.5, 0.6) is 23.0 Å². The highest BCUT2D eigenvalue weighted by Crippen LogP contribution is 2.34. The number of aromatic nitrogens is 4. The second-order valence-electron chi connectivity index (χ2n) is 13.4. The van der Waals surface area contributed by atoms with E-state index in [0.717, 1.165) is 55.2 Å². The van der Waals surface area contributed by atoms with Crippen molar-refractivity contribution in [2.75, 3.05) is 27.4 Å². The molecule has 62 heavy (non-hydrogen) atoms. The number of hydrogen-bond acceptors (Lipinski definition) is 15. The number of thiazole rings is 2. The predicted molar refractivity (Wildman–Crippen MR) is 244 cm³/mol. The smallest absolute Gasteiger partial charge is 0.343 e. The Kier molecular flexibility index (Phi) is 13.8. The molecule has 0 fully saturated rings. The van der Waals surface area contributed by atoms with Gasteiger partial charge in [-0.3, -0.25) is 18.7 Å². The molecule has 6 heterocycles. The summed E-state index contributed by atoms with van der Waals surface area (Å²) in [6.07, 6.45) is 5.16. The van der Waals surface area contributed by atoms with Gasteiger partial charge in [0.05, 0.1) is 61.0 Å². The summed E-state index contributed by atoms with van der Waals surface area (Å²) in [7, 11) is 3.23. The van der Waals surface area contributed by atoms with Crippen molar-refractivity contribution in [1.29, 1.82) is 0 Å². The quantitative estimate of drug-likeness (QED) is 0.0736. The van der Waals surface area contributed by atoms with Crippen LogP contribution in [0.15, 0.2) is 93.4 Å². The van der Waals surface area contributed by atoms with Crippen LogP contribution < -0.4 is 25.3 Å². The number of rotatable bonds is 15. The summed E-state index contributed by atoms with van der Waals surface area (Å²) in [5, 5.41) is 24.7. The lowest BCUT2D eigenvalue weighted by Gasteiger charge is -2.15. The van der Waals surface area contributed by atoms with E-state index in [1.807, 2.05) is 66.9 Å². The number of aromatic carboxylic acids is 1. The van der Waals surface area contributed by atoms with E-state index in [-0.39, 0.29) is 35.6 Å². The Labute approximate surface area is 370 Å². The molecule has 320 valence electrons. The van der Waals surface area contributed by atoms with Gasteiger partial charge in [-0.1, -0.05) is 13.3 Å². The molecule has 18 heteroatoms. The Hall–Kier alpha value is -6.34. The first-order chi connectivity index (χ1) is 30.1. The number of nitrogens with zero attached hydrogens (tertiary/aromatic N) is 4. The average molecular weight is 913 g/mol. The van der Waals surface area contributed by atoms with Gasteiger partial charge in [-0.15, -0.1) is 45.3 Å². The number of thiophene rings is 2. The summed E-state index contributed by atoms with van der Waals surface area (Å²) < 4.78 is 25.6. The first-order valence-electron chi connectivity index (χ1n) is 19.2. The van der Waals surface area contributed by atoms with E-state index in [0.29, 0.717) is 33.6 Å². The van der Waals surface area contributed by atoms with Crippen LogP contribution in [-0.2, 0) is 17.8 Å². The third-order valence-electron chi connectivity index (χ3n) is 9.52. The molecule has 6 aromatic heterocycles. The monoisotopic (exact) mass is 912 g/mol. The minimum Gasteiger partial charge on any atom is -0.502 e. The molecule has 0 unspecified atom stereocenters. The molecule has 0 spiro atoms. The van der Waals surface area contributed by atoms with E-state index >= 15 is 0 Å². The minimum absolute atomic E-state index is 0.0572. The standard InChI is InChI=1S/C25H26N2O5S2.C19H14N2O5S2/c1-4-6-12-32-21-20(25(29)31-5-2)22-19(11-13-33-22)27(24(21)28)15-18-14-26-23(34-18)16-7-9-17(30-3)10-8-16;1-26-11-4-2-10(3-5-11)17-20-8-12(28-17)9-21-13-6-7-27-16(13)14(19(24)25)15(22)18(21)23/h7-11,13-14H,4-6,12,15H2,1-3H3;2-8,22H,9H2,1H3,(H,24,25). The average Bonchev–Trinajstić information content (AvgIpc) is 4.13. The normalized spacial score (nSPS) is 11.0. The van der Waals surface area contributed by atoms with Gasteiger partial charge in [0.25, 0.3) is 11.1 Å². The van der Waals surface area contributed by atoms with E-state index < -0.39 is 23.2 Å². The zero-order valence-electron chi connectivity index (χ0n) is 33.9. The molecule has 8 rings (SSSR count). The van der Waals surface area contributed by atoms with Crippen LogP contribution in [0, 0.1) is 0 Å². The number of carboxylic acid groups (broad SMARTS) is 1. The van der Waals surface area contributed by atoms with Crippen LogP contribution in [0.25, 0.3) is 41.6 Å². The zero-order valence-corrected chi connectivity index (χ0v) is 37.2. The molecule has 0 aliphatic heterocycles. The van der Waals surface area contributed by atoms with Crippen molar-refractivity contribution in [2.45, 2.75) is 39.8 Å². The van der Waals surface area contributed by atoms with Crippen LogP contribution in [0.3, 0.4) is 0 Å². The number of benzene rings is 2. The first kappa shape index (κ1) is 43.7. The molecular formula is C44H40N4O10S4. The molecular weight excluding hydrogens is 873 g/mol. The minimum atomic E-state index is -1.33. The lowest BCUT2D eigenvalue weighted by molar-refractivity contribution is 0.0523. The fourth-order valence-corrected chi connectivity index (χ4v) is 10.1. The van der Waals surface area contributed by atoms with Gasteiger partial charge >= 0.3 is 11.9 Å². The molecule has 0 bridgehead atoms. The number of carboxylic acids is 1. The number of aromatic hydroxyl groups is 1. The Morgan fingerprint density at radius 2 is 1.21 bits per heavy atom. The molecule has 0 atom stereocenters. The molecule has 0 aliphatic carbocycles. The molecule has 0 amide bonds. The third kappa shape index (κ3) is 9.13. The number of methoxy groups -OCH3 is 2. The fourth-order valence-electron chi connectivity index (χ4n) is 6.46. The van der Waals surface area contributed by atoms with Crippen molar-refractivity contribution >= 4 is 77.7 Å². The molecule has 0 aliphatic rings. The van der Waals surface area contributed by atoms with Crippen LogP contribution in [0.4, 0.5) is 0 Å². The summed E-state index contributed by atoms with van der Waals surface area (Å²) in [6.45, 7) is 4.88. The number of carbonyl (C=O) groups is 2. The first-order valence-corrected chi connectivity index (χ1v) is 22.6. The summed E-state index contributed by atoms with van der Waals surface area (Å²) in [5.74, 6) is -1.02. The van der Waals surface area contributed by atoms with Crippen LogP contribution >= 0.6 is 45.3 Å². The van der Waals surface area contributed by atoms with Crippen molar-refractivity contribution in [1.82, 2.24) is 19.1 Å². The van der Waals surface area contributed by atoms with Gasteiger partial charge in [-0.2, -0.15) is 0 Å². The van der Waals surface area contributed by atoms with Crippen LogP contribution in [0.1, 0.15) is 57.2 Å². The molecule has 8 aromatic rings. The number of pyridine rings is 2. The number of ether oxygens (including phenoxy) is 4. The van der Waals surface area contributed by atoms with Gasteiger partial charge in [0, 0.05) is 33.3 Å². The Bertz CT molecular complexity index is 2980. The third-order valence-corrected chi connectivity index (χ3v) is 13.4. The molecule has 14 nitrogen and oxygen atoms in total. The maximum absolute atomic E-state index is 13.6. The Morgan fingerprint density at radius 3 is 1.68 bits per heavy atom. The molecule has 2 N–H and O–H groups in total. The number of unbranched alkanes of at least 4 members (excludes halogenated alkanes) is 1. The number of hydrogen-bond donors (Lipinski definition) is 2. The number of carbonyl (C=O) groups excluding carboxylic acids is 1. The van der Waals surface area contributed by atoms with E-state index in [4.69, 9.17) is 18.9 Å².